The zero-order valence-electron chi connectivity index (χ0n) is 14.9. The Morgan fingerprint density at radius 2 is 1.96 bits per heavy atom. The summed E-state index contributed by atoms with van der Waals surface area (Å²) in [7, 11) is 0. The van der Waals surface area contributed by atoms with Gasteiger partial charge in [0.05, 0.1) is 5.69 Å². The smallest absolute Gasteiger partial charge is 0.256 e. The summed E-state index contributed by atoms with van der Waals surface area (Å²) in [5.74, 6) is -2.44. The number of amides is 1. The summed E-state index contributed by atoms with van der Waals surface area (Å²) in [5.41, 5.74) is 1.34. The molecular weight excluding hydrogens is 356 g/mol. The van der Waals surface area contributed by atoms with Crippen LogP contribution in [0.2, 0.25) is 0 Å². The molecule has 9 heteroatoms. The van der Waals surface area contributed by atoms with E-state index in [0.717, 1.165) is 12.1 Å². The number of aromatic amines is 1. The molecule has 1 amide bonds. The number of carbonyl (C=O) groups is 1. The first-order valence-corrected chi connectivity index (χ1v) is 8.23. The number of carbonyl (C=O) groups excluding carboxylic acids is 1. The Morgan fingerprint density at radius 3 is 2.59 bits per heavy atom. The molecule has 2 heterocycles. The van der Waals surface area contributed by atoms with Crippen LogP contribution >= 0.6 is 0 Å². The predicted molar refractivity (Wildman–Crippen MR) is 95.1 cm³/mol. The molecule has 0 saturated heterocycles. The first kappa shape index (κ1) is 18.4. The van der Waals surface area contributed by atoms with Gasteiger partial charge < -0.3 is 5.32 Å². The molecule has 2 aromatic heterocycles. The summed E-state index contributed by atoms with van der Waals surface area (Å²) in [4.78, 5) is 31.5. The molecule has 0 radical (unpaired) electrons. The van der Waals surface area contributed by atoms with Gasteiger partial charge in [-0.15, -0.1) is 0 Å². The van der Waals surface area contributed by atoms with E-state index < -0.39 is 17.5 Å². The number of hydrogen-bond acceptors (Lipinski definition) is 4. The Labute approximate surface area is 153 Å². The van der Waals surface area contributed by atoms with Crippen LogP contribution in [0, 0.1) is 25.5 Å². The normalized spacial score (nSPS) is 10.9. The number of benzene rings is 1. The van der Waals surface area contributed by atoms with Gasteiger partial charge in [0.1, 0.15) is 5.82 Å². The Hall–Kier alpha value is -3.36. The summed E-state index contributed by atoms with van der Waals surface area (Å²) in [6.45, 7) is 5.27. The fraction of sp³-hybridized carbons (Fsp3) is 0.222. The topological polar surface area (TPSA) is 92.7 Å². The molecule has 0 atom stereocenters. The van der Waals surface area contributed by atoms with Gasteiger partial charge in [0.25, 0.3) is 11.5 Å². The Morgan fingerprint density at radius 1 is 1.22 bits per heavy atom. The average molecular weight is 373 g/mol. The van der Waals surface area contributed by atoms with Crippen LogP contribution in [-0.2, 0) is 6.42 Å². The first-order valence-electron chi connectivity index (χ1n) is 8.23. The fourth-order valence-corrected chi connectivity index (χ4v) is 2.69. The van der Waals surface area contributed by atoms with Crippen LogP contribution in [0.5, 0.6) is 0 Å². The Bertz CT molecular complexity index is 1090. The van der Waals surface area contributed by atoms with Crippen LogP contribution in [0.1, 0.15) is 34.2 Å². The van der Waals surface area contributed by atoms with E-state index in [2.05, 4.69) is 20.4 Å². The minimum atomic E-state index is -1.12. The zero-order valence-corrected chi connectivity index (χ0v) is 14.9. The number of nitrogens with zero attached hydrogens (tertiary/aromatic N) is 3. The highest BCUT2D eigenvalue weighted by atomic mass is 19.2. The fourth-order valence-electron chi connectivity index (χ4n) is 2.69. The van der Waals surface area contributed by atoms with Gasteiger partial charge in [-0.2, -0.15) is 9.78 Å². The number of hydrogen-bond donors (Lipinski definition) is 2. The van der Waals surface area contributed by atoms with Crippen molar-refractivity contribution in [2.24, 2.45) is 0 Å². The lowest BCUT2D eigenvalue weighted by Gasteiger charge is -2.10. The number of anilines is 1. The third kappa shape index (κ3) is 3.62. The number of nitrogens with one attached hydrogen (secondary N) is 2. The molecule has 0 spiro atoms. The van der Waals surface area contributed by atoms with E-state index in [9.17, 15) is 18.4 Å². The van der Waals surface area contributed by atoms with Gasteiger partial charge in [0.2, 0.25) is 5.95 Å². The molecule has 0 aliphatic heterocycles. The minimum Gasteiger partial charge on any atom is -0.306 e. The van der Waals surface area contributed by atoms with Crippen molar-refractivity contribution < 1.29 is 13.6 Å². The SMILES string of the molecule is CCc1c(C)nc(-n2nc(C)cc2NC(=O)c2ccc(F)c(F)c2)[nH]c1=O. The molecule has 1 aromatic carbocycles. The summed E-state index contributed by atoms with van der Waals surface area (Å²) in [6.07, 6.45) is 0.534. The molecule has 140 valence electrons. The highest BCUT2D eigenvalue weighted by Crippen LogP contribution is 2.17. The number of aromatic nitrogens is 4. The van der Waals surface area contributed by atoms with Crippen LogP contribution in [0.15, 0.2) is 29.1 Å². The van der Waals surface area contributed by atoms with Crippen molar-refractivity contribution in [3.8, 4) is 5.95 Å². The van der Waals surface area contributed by atoms with E-state index in [1.807, 2.05) is 6.92 Å². The highest BCUT2D eigenvalue weighted by molar-refractivity contribution is 6.03. The third-order valence-electron chi connectivity index (χ3n) is 4.02. The number of aryl methyl sites for hydroxylation is 2. The maximum Gasteiger partial charge on any atom is 0.256 e. The summed E-state index contributed by atoms with van der Waals surface area (Å²) < 4.78 is 27.7. The van der Waals surface area contributed by atoms with Crippen molar-refractivity contribution in [1.82, 2.24) is 19.7 Å². The molecule has 0 aliphatic carbocycles. The van der Waals surface area contributed by atoms with Gasteiger partial charge in [0.15, 0.2) is 11.6 Å². The van der Waals surface area contributed by atoms with E-state index in [1.165, 1.54) is 10.7 Å². The zero-order chi connectivity index (χ0) is 19.7. The summed E-state index contributed by atoms with van der Waals surface area (Å²) in [5, 5.41) is 6.80. The number of rotatable bonds is 4. The maximum absolute atomic E-state index is 13.4. The second-order valence-corrected chi connectivity index (χ2v) is 5.97. The second kappa shape index (κ2) is 7.10. The Balaban J connectivity index is 1.98. The number of H-pyrrole nitrogens is 1. The molecule has 0 fully saturated rings. The quantitative estimate of drug-likeness (QED) is 0.735. The van der Waals surface area contributed by atoms with Gasteiger partial charge in [-0.05, 0) is 38.5 Å². The van der Waals surface area contributed by atoms with Crippen LogP contribution in [0.3, 0.4) is 0 Å². The van der Waals surface area contributed by atoms with Gasteiger partial charge in [-0.3, -0.25) is 14.6 Å². The first-order chi connectivity index (χ1) is 12.8. The van der Waals surface area contributed by atoms with Crippen molar-refractivity contribution in [2.75, 3.05) is 5.32 Å². The monoisotopic (exact) mass is 373 g/mol. The van der Waals surface area contributed by atoms with E-state index in [1.54, 1.807) is 19.9 Å². The van der Waals surface area contributed by atoms with Crippen molar-refractivity contribution in [1.29, 1.82) is 0 Å². The van der Waals surface area contributed by atoms with Crippen LogP contribution in [0.4, 0.5) is 14.6 Å². The molecule has 3 aromatic rings. The molecule has 3 rings (SSSR count). The molecule has 0 bridgehead atoms. The lowest BCUT2D eigenvalue weighted by molar-refractivity contribution is 0.102. The van der Waals surface area contributed by atoms with Crippen molar-refractivity contribution in [3.05, 3.63) is 68.8 Å². The van der Waals surface area contributed by atoms with E-state index >= 15 is 0 Å². The van der Waals surface area contributed by atoms with Crippen molar-refractivity contribution in [3.63, 3.8) is 0 Å². The largest absolute Gasteiger partial charge is 0.306 e. The van der Waals surface area contributed by atoms with Crippen molar-refractivity contribution in [2.45, 2.75) is 27.2 Å². The minimum absolute atomic E-state index is 0.0572. The third-order valence-corrected chi connectivity index (χ3v) is 4.02. The van der Waals surface area contributed by atoms with Gasteiger partial charge >= 0.3 is 0 Å². The average Bonchev–Trinajstić information content (AvgIpc) is 2.97. The Kier molecular flexibility index (Phi) is 4.85. The molecule has 0 saturated carbocycles. The van der Waals surface area contributed by atoms with E-state index in [0.29, 0.717) is 23.4 Å². The lowest BCUT2D eigenvalue weighted by Crippen LogP contribution is -2.22. The predicted octanol–water partition coefficient (Wildman–Crippen LogP) is 2.67. The van der Waals surface area contributed by atoms with Crippen LogP contribution in [-0.4, -0.2) is 25.7 Å². The van der Waals surface area contributed by atoms with Crippen LogP contribution < -0.4 is 10.9 Å². The summed E-state index contributed by atoms with van der Waals surface area (Å²) in [6, 6.07) is 4.42. The second-order valence-electron chi connectivity index (χ2n) is 5.97. The van der Waals surface area contributed by atoms with E-state index in [-0.39, 0.29) is 22.9 Å². The standard InChI is InChI=1S/C18H17F2N5O2/c1-4-12-10(3)21-18(23-17(12)27)25-15(7-9(2)24-25)22-16(26)11-5-6-13(19)14(20)8-11/h5-8H,4H2,1-3H3,(H,22,26)(H,21,23,27). The van der Waals surface area contributed by atoms with Crippen LogP contribution in [0.25, 0.3) is 5.95 Å². The highest BCUT2D eigenvalue weighted by Gasteiger charge is 2.16. The van der Waals surface area contributed by atoms with Gasteiger partial charge in [-0.1, -0.05) is 6.92 Å². The lowest BCUT2D eigenvalue weighted by atomic mass is 10.2. The molecule has 2 N–H and O–H groups in total. The van der Waals surface area contributed by atoms with Crippen molar-refractivity contribution >= 4 is 11.7 Å². The van der Waals surface area contributed by atoms with E-state index in [4.69, 9.17) is 0 Å². The molecule has 0 unspecified atom stereocenters. The molecule has 0 aliphatic rings. The summed E-state index contributed by atoms with van der Waals surface area (Å²) >= 11 is 0. The van der Waals surface area contributed by atoms with Gasteiger partial charge in [-0.25, -0.2) is 13.8 Å². The molecular formula is C18H17F2N5O2. The molecule has 27 heavy (non-hydrogen) atoms. The van der Waals surface area contributed by atoms with Gasteiger partial charge in [0, 0.05) is 22.9 Å². The number of halogens is 2. The molecule has 7 nitrogen and oxygen atoms in total. The maximum atomic E-state index is 13.4.